The quantitative estimate of drug-likeness (QED) is 0.802. The Hall–Kier alpha value is -2.36. The molecule has 0 bridgehead atoms. The van der Waals surface area contributed by atoms with Crippen molar-refractivity contribution < 1.29 is 9.53 Å². The number of fused-ring (bicyclic) bond motifs is 2. The van der Waals surface area contributed by atoms with Crippen LogP contribution in [-0.4, -0.2) is 24.3 Å². The lowest BCUT2D eigenvalue weighted by atomic mass is 10.00. The number of nitrogens with zero attached hydrogens (tertiary/aromatic N) is 1. The molecule has 1 heterocycles. The number of hydrogen-bond donors (Lipinski definition) is 1. The van der Waals surface area contributed by atoms with Crippen LogP contribution in [-0.2, 0) is 4.79 Å². The molecule has 0 spiro atoms. The summed E-state index contributed by atoms with van der Waals surface area (Å²) in [4.78, 5) is 15.6. The molecule has 3 rings (SSSR count). The van der Waals surface area contributed by atoms with Gasteiger partial charge >= 0.3 is 0 Å². The summed E-state index contributed by atoms with van der Waals surface area (Å²) in [6.07, 6.45) is 6.84. The van der Waals surface area contributed by atoms with Crippen LogP contribution < -0.4 is 10.5 Å². The summed E-state index contributed by atoms with van der Waals surface area (Å²) in [6.45, 7) is 0. The van der Waals surface area contributed by atoms with Crippen molar-refractivity contribution in [1.29, 1.82) is 0 Å². The minimum absolute atomic E-state index is 0.187. The SMILES string of the molecule is NC(=O)C1=CC2N=Cc3ccccc3OC2C=C1. The molecule has 1 aromatic carbocycles. The molecular weight excluding hydrogens is 228 g/mol. The van der Waals surface area contributed by atoms with Crippen molar-refractivity contribution in [3.05, 3.63) is 53.6 Å². The lowest BCUT2D eigenvalue weighted by Gasteiger charge is -2.22. The number of primary amides is 1. The third-order valence-corrected chi connectivity index (χ3v) is 3.00. The number of carbonyl (C=O) groups is 1. The monoisotopic (exact) mass is 240 g/mol. The standard InChI is InChI=1S/C14H12N2O2/c15-14(17)9-5-6-13-11(7-9)16-8-10-3-1-2-4-12(10)18-13/h1-8,11,13H,(H2,15,17). The second kappa shape index (κ2) is 4.14. The minimum Gasteiger partial charge on any atom is -0.483 e. The summed E-state index contributed by atoms with van der Waals surface area (Å²) in [6, 6.07) is 7.50. The van der Waals surface area contributed by atoms with Gasteiger partial charge in [-0.25, -0.2) is 0 Å². The van der Waals surface area contributed by atoms with Gasteiger partial charge in [-0.3, -0.25) is 9.79 Å². The van der Waals surface area contributed by atoms with Gasteiger partial charge in [-0.2, -0.15) is 0 Å². The van der Waals surface area contributed by atoms with Gasteiger partial charge in [0.25, 0.3) is 0 Å². The number of nitrogens with two attached hydrogens (primary N) is 1. The fourth-order valence-corrected chi connectivity index (χ4v) is 2.06. The number of benzene rings is 1. The summed E-state index contributed by atoms with van der Waals surface area (Å²) in [5.74, 6) is 0.357. The predicted molar refractivity (Wildman–Crippen MR) is 68.7 cm³/mol. The van der Waals surface area contributed by atoms with Crippen molar-refractivity contribution in [3.63, 3.8) is 0 Å². The molecule has 2 aliphatic rings. The molecule has 1 aliphatic heterocycles. The van der Waals surface area contributed by atoms with E-state index in [1.807, 2.05) is 30.3 Å². The summed E-state index contributed by atoms with van der Waals surface area (Å²) in [5, 5.41) is 0. The van der Waals surface area contributed by atoms with Crippen LogP contribution in [0.3, 0.4) is 0 Å². The maximum atomic E-state index is 11.1. The van der Waals surface area contributed by atoms with Crippen LogP contribution in [0.15, 0.2) is 53.1 Å². The Morgan fingerprint density at radius 2 is 2.17 bits per heavy atom. The Bertz CT molecular complexity index is 587. The van der Waals surface area contributed by atoms with E-state index in [0.29, 0.717) is 5.57 Å². The van der Waals surface area contributed by atoms with E-state index in [-0.39, 0.29) is 12.1 Å². The third kappa shape index (κ3) is 1.82. The van der Waals surface area contributed by atoms with E-state index < -0.39 is 5.91 Å². The summed E-state index contributed by atoms with van der Waals surface area (Å²) in [7, 11) is 0. The highest BCUT2D eigenvalue weighted by molar-refractivity contribution is 5.95. The Labute approximate surface area is 104 Å². The number of carbonyl (C=O) groups excluding carboxylic acids is 1. The van der Waals surface area contributed by atoms with Gasteiger partial charge in [-0.15, -0.1) is 0 Å². The number of amides is 1. The molecule has 0 saturated heterocycles. The van der Waals surface area contributed by atoms with E-state index in [4.69, 9.17) is 10.5 Å². The van der Waals surface area contributed by atoms with E-state index in [9.17, 15) is 4.79 Å². The van der Waals surface area contributed by atoms with Crippen LogP contribution in [0, 0.1) is 0 Å². The van der Waals surface area contributed by atoms with Crippen molar-refractivity contribution in [3.8, 4) is 5.75 Å². The van der Waals surface area contributed by atoms with Crippen molar-refractivity contribution in [1.82, 2.24) is 0 Å². The van der Waals surface area contributed by atoms with Gasteiger partial charge < -0.3 is 10.5 Å². The number of para-hydroxylation sites is 1. The van der Waals surface area contributed by atoms with Crippen LogP contribution in [0.2, 0.25) is 0 Å². The highest BCUT2D eigenvalue weighted by Gasteiger charge is 2.25. The second-order valence-electron chi connectivity index (χ2n) is 4.23. The molecule has 1 aromatic rings. The van der Waals surface area contributed by atoms with E-state index in [2.05, 4.69) is 4.99 Å². The fourth-order valence-electron chi connectivity index (χ4n) is 2.06. The van der Waals surface area contributed by atoms with Gasteiger partial charge in [-0.05, 0) is 30.4 Å². The van der Waals surface area contributed by atoms with Gasteiger partial charge in [0.05, 0.1) is 0 Å². The van der Waals surface area contributed by atoms with Crippen molar-refractivity contribution in [2.45, 2.75) is 12.1 Å². The maximum absolute atomic E-state index is 11.1. The van der Waals surface area contributed by atoms with Gasteiger partial charge in [0.1, 0.15) is 17.9 Å². The highest BCUT2D eigenvalue weighted by atomic mass is 16.5. The van der Waals surface area contributed by atoms with Gasteiger partial charge in [0.2, 0.25) is 5.91 Å². The molecule has 0 aromatic heterocycles. The molecule has 1 amide bonds. The zero-order chi connectivity index (χ0) is 12.5. The molecule has 0 fully saturated rings. The first-order valence-electron chi connectivity index (χ1n) is 5.73. The Balaban J connectivity index is 1.97. The van der Waals surface area contributed by atoms with Gasteiger partial charge in [-0.1, -0.05) is 12.1 Å². The molecule has 4 nitrogen and oxygen atoms in total. The predicted octanol–water partition coefficient (Wildman–Crippen LogP) is 1.22. The normalized spacial score (nSPS) is 24.3. The average molecular weight is 240 g/mol. The lowest BCUT2D eigenvalue weighted by molar-refractivity contribution is -0.114. The molecule has 4 heteroatoms. The maximum Gasteiger partial charge on any atom is 0.248 e. The van der Waals surface area contributed by atoms with Crippen LogP contribution in [0.5, 0.6) is 5.75 Å². The zero-order valence-electron chi connectivity index (χ0n) is 9.61. The van der Waals surface area contributed by atoms with Crippen molar-refractivity contribution in [2.75, 3.05) is 0 Å². The van der Waals surface area contributed by atoms with Gasteiger partial charge in [0, 0.05) is 17.4 Å². The van der Waals surface area contributed by atoms with E-state index >= 15 is 0 Å². The number of hydrogen-bond acceptors (Lipinski definition) is 3. The fraction of sp³-hybridized carbons (Fsp3) is 0.143. The lowest BCUT2D eigenvalue weighted by Crippen LogP contribution is -2.30. The molecule has 0 saturated carbocycles. The molecule has 0 radical (unpaired) electrons. The van der Waals surface area contributed by atoms with Crippen LogP contribution >= 0.6 is 0 Å². The molecule has 18 heavy (non-hydrogen) atoms. The van der Waals surface area contributed by atoms with Crippen molar-refractivity contribution in [2.24, 2.45) is 10.7 Å². The van der Waals surface area contributed by atoms with Crippen LogP contribution in [0.25, 0.3) is 0 Å². The Morgan fingerprint density at radius 1 is 1.33 bits per heavy atom. The largest absolute Gasteiger partial charge is 0.483 e. The van der Waals surface area contributed by atoms with Crippen LogP contribution in [0.4, 0.5) is 0 Å². The van der Waals surface area contributed by atoms with Crippen molar-refractivity contribution >= 4 is 12.1 Å². The van der Waals surface area contributed by atoms with E-state index in [1.165, 1.54) is 0 Å². The highest BCUT2D eigenvalue weighted by Crippen LogP contribution is 2.26. The first-order valence-corrected chi connectivity index (χ1v) is 5.73. The second-order valence-corrected chi connectivity index (χ2v) is 4.23. The molecule has 2 unspecified atom stereocenters. The Kier molecular flexibility index (Phi) is 2.48. The molecule has 90 valence electrons. The van der Waals surface area contributed by atoms with E-state index in [0.717, 1.165) is 11.3 Å². The summed E-state index contributed by atoms with van der Waals surface area (Å²) >= 11 is 0. The summed E-state index contributed by atoms with van der Waals surface area (Å²) in [5.41, 5.74) is 6.68. The minimum atomic E-state index is -0.443. The first kappa shape index (κ1) is 10.8. The number of ether oxygens (including phenoxy) is 1. The molecular formula is C14H12N2O2. The van der Waals surface area contributed by atoms with Gasteiger partial charge in [0.15, 0.2) is 0 Å². The zero-order valence-corrected chi connectivity index (χ0v) is 9.61. The molecule has 2 N–H and O–H groups in total. The molecule has 1 aliphatic carbocycles. The molecule has 2 atom stereocenters. The smallest absolute Gasteiger partial charge is 0.248 e. The van der Waals surface area contributed by atoms with E-state index in [1.54, 1.807) is 18.4 Å². The summed E-state index contributed by atoms with van der Waals surface area (Å²) < 4.78 is 5.88. The van der Waals surface area contributed by atoms with Crippen LogP contribution in [0.1, 0.15) is 5.56 Å². The number of rotatable bonds is 1. The average Bonchev–Trinajstić information content (AvgIpc) is 2.56. The first-order chi connectivity index (χ1) is 8.74. The topological polar surface area (TPSA) is 64.7 Å². The Morgan fingerprint density at radius 3 is 3.00 bits per heavy atom. The number of aliphatic imine (C=N–C) groups is 1. The third-order valence-electron chi connectivity index (χ3n) is 3.00.